The van der Waals surface area contributed by atoms with Gasteiger partial charge in [-0.15, -0.1) is 11.3 Å². The Morgan fingerprint density at radius 3 is 2.17 bits per heavy atom. The van der Waals surface area contributed by atoms with E-state index in [1.807, 2.05) is 12.1 Å². The molecule has 7 nitrogen and oxygen atoms in total. The molecule has 220 valence electrons. The molecule has 1 aliphatic heterocycles. The average Bonchev–Trinajstić information content (AvgIpc) is 3.31. The van der Waals surface area contributed by atoms with Crippen LogP contribution in [0.15, 0.2) is 56.8 Å². The molecule has 1 aliphatic carbocycles. The first-order chi connectivity index (χ1) is 18.9. The molecule has 0 saturated heterocycles. The molecule has 0 spiro atoms. The summed E-state index contributed by atoms with van der Waals surface area (Å²) < 4.78 is 40.9. The number of halogens is 5. The number of alkyl halides is 3. The van der Waals surface area contributed by atoms with Crippen molar-refractivity contribution in [2.75, 3.05) is 24.7 Å². The first-order valence-electron chi connectivity index (χ1n) is 12.3. The number of aliphatic hydroxyl groups is 3. The van der Waals surface area contributed by atoms with E-state index in [1.165, 1.54) is 16.2 Å². The predicted octanol–water partition coefficient (Wildman–Crippen LogP) is 6.48. The van der Waals surface area contributed by atoms with Crippen molar-refractivity contribution in [3.05, 3.63) is 72.2 Å². The van der Waals surface area contributed by atoms with Gasteiger partial charge in [-0.05, 0) is 79.9 Å². The molecule has 2 aliphatic rings. The van der Waals surface area contributed by atoms with Crippen LogP contribution < -0.4 is 10.6 Å². The number of ketones is 1. The topological polar surface area (TPSA) is 131 Å². The third-order valence-electron chi connectivity index (χ3n) is 5.31. The number of rotatable bonds is 2. The van der Waals surface area contributed by atoms with Crippen LogP contribution in [0, 0.1) is 11.3 Å². The van der Waals surface area contributed by atoms with Crippen molar-refractivity contribution >= 4 is 50.3 Å². The van der Waals surface area contributed by atoms with Crippen LogP contribution in [0.4, 0.5) is 18.9 Å². The van der Waals surface area contributed by atoms with Crippen LogP contribution >= 0.6 is 38.9 Å². The van der Waals surface area contributed by atoms with Gasteiger partial charge < -0.3 is 21.1 Å². The van der Waals surface area contributed by atoms with Crippen LogP contribution in [0.3, 0.4) is 0 Å². The first kappa shape index (κ1) is 35.6. The van der Waals surface area contributed by atoms with Crippen molar-refractivity contribution in [3.63, 3.8) is 0 Å². The molecule has 0 radical (unpaired) electrons. The van der Waals surface area contributed by atoms with Crippen molar-refractivity contribution in [3.8, 4) is 6.07 Å². The number of hydrogen-bond acceptors (Lipinski definition) is 8. The molecular weight excluding hydrogens is 635 g/mol. The summed E-state index contributed by atoms with van der Waals surface area (Å²) in [6.07, 6.45) is -3.33. The lowest BCUT2D eigenvalue weighted by Crippen LogP contribution is -2.38. The zero-order valence-electron chi connectivity index (χ0n) is 22.2. The number of carbonyl (C=O) groups is 1. The number of aliphatic hydroxyl groups excluding tert-OH is 3. The summed E-state index contributed by atoms with van der Waals surface area (Å²) in [7, 11) is 0. The molecule has 40 heavy (non-hydrogen) atoms. The van der Waals surface area contributed by atoms with Gasteiger partial charge in [0, 0.05) is 42.4 Å². The molecule has 2 aromatic rings. The zero-order valence-corrected chi connectivity index (χ0v) is 25.4. The standard InChI is InChI=1S/C21H14BrClF3N3OS.3C2H6O/c22-17-7-6-16(31-17)18-11(9-27)20(28)29(13-2-1-3-15(30)19(13)18)14-8-10(21(24,25)26)4-5-12(14)23;3*1-2-3/h4-8,18H,1-3,28H2;3*3H,2H2,1H3. The van der Waals surface area contributed by atoms with Crippen molar-refractivity contribution in [1.29, 1.82) is 5.26 Å². The van der Waals surface area contributed by atoms with Crippen molar-refractivity contribution in [2.24, 2.45) is 5.73 Å². The Morgan fingerprint density at radius 1 is 1.12 bits per heavy atom. The second kappa shape index (κ2) is 16.8. The van der Waals surface area contributed by atoms with Gasteiger partial charge in [-0.2, -0.15) is 18.4 Å². The van der Waals surface area contributed by atoms with Gasteiger partial charge >= 0.3 is 6.18 Å². The van der Waals surface area contributed by atoms with Gasteiger partial charge in [0.1, 0.15) is 5.82 Å². The summed E-state index contributed by atoms with van der Waals surface area (Å²) in [5.41, 5.74) is 6.46. The highest BCUT2D eigenvalue weighted by atomic mass is 79.9. The molecule has 0 fully saturated rings. The third-order valence-corrected chi connectivity index (χ3v) is 7.31. The molecule has 1 atom stereocenters. The maximum absolute atomic E-state index is 13.4. The van der Waals surface area contributed by atoms with Crippen LogP contribution in [0.25, 0.3) is 0 Å². The number of carbonyl (C=O) groups excluding carboxylic acids is 1. The smallest absolute Gasteiger partial charge is 0.397 e. The van der Waals surface area contributed by atoms with Gasteiger partial charge in [0.2, 0.25) is 0 Å². The molecule has 5 N–H and O–H groups in total. The van der Waals surface area contributed by atoms with E-state index in [9.17, 15) is 23.2 Å². The number of allylic oxidation sites excluding steroid dienone is 3. The van der Waals surface area contributed by atoms with E-state index in [2.05, 4.69) is 22.0 Å². The molecule has 1 aromatic heterocycles. The van der Waals surface area contributed by atoms with Crippen LogP contribution in [0.5, 0.6) is 0 Å². The maximum Gasteiger partial charge on any atom is 0.416 e. The van der Waals surface area contributed by atoms with Gasteiger partial charge in [0.25, 0.3) is 0 Å². The SMILES string of the molecule is CCO.CCO.CCO.N#CC1=C(N)N(c2cc(C(F)(F)F)ccc2Cl)C2=C(C(=O)CCC2)C1c1ccc(Br)s1. The van der Waals surface area contributed by atoms with Gasteiger partial charge in [0.05, 0.1) is 37.6 Å². The fourth-order valence-electron chi connectivity index (χ4n) is 3.99. The highest BCUT2D eigenvalue weighted by Crippen LogP contribution is 2.49. The lowest BCUT2D eigenvalue weighted by molar-refractivity contribution is -0.137. The number of benzene rings is 1. The number of nitriles is 1. The molecule has 0 saturated carbocycles. The summed E-state index contributed by atoms with van der Waals surface area (Å²) in [5, 5.41) is 32.7. The normalized spacial score (nSPS) is 16.5. The fraction of sp³-hybridized carbons (Fsp3) is 0.407. The lowest BCUT2D eigenvalue weighted by Gasteiger charge is -2.39. The highest BCUT2D eigenvalue weighted by molar-refractivity contribution is 9.11. The van der Waals surface area contributed by atoms with E-state index >= 15 is 0 Å². The number of nitrogens with two attached hydrogens (primary N) is 1. The van der Waals surface area contributed by atoms with Gasteiger partial charge in [0.15, 0.2) is 5.78 Å². The summed E-state index contributed by atoms with van der Waals surface area (Å²) in [6, 6.07) is 8.63. The predicted molar refractivity (Wildman–Crippen MR) is 155 cm³/mol. The fourth-order valence-corrected chi connectivity index (χ4v) is 5.74. The number of nitrogens with zero attached hydrogens (tertiary/aromatic N) is 2. The Morgan fingerprint density at radius 2 is 1.70 bits per heavy atom. The average molecular weight is 667 g/mol. The highest BCUT2D eigenvalue weighted by Gasteiger charge is 2.42. The minimum atomic E-state index is -4.59. The van der Waals surface area contributed by atoms with E-state index < -0.39 is 17.7 Å². The summed E-state index contributed by atoms with van der Waals surface area (Å²) in [5.74, 6) is -0.833. The van der Waals surface area contributed by atoms with E-state index in [-0.39, 0.29) is 47.7 Å². The Balaban J connectivity index is 0.000000788. The Bertz CT molecular complexity index is 1250. The molecule has 13 heteroatoms. The number of Topliss-reactive ketones (excluding diaryl/α,β-unsaturated/α-hetero) is 1. The van der Waals surface area contributed by atoms with Crippen molar-refractivity contribution in [2.45, 2.75) is 52.1 Å². The van der Waals surface area contributed by atoms with E-state index in [0.29, 0.717) is 30.5 Å². The van der Waals surface area contributed by atoms with Crippen molar-refractivity contribution < 1.29 is 33.3 Å². The zero-order chi connectivity index (χ0) is 30.6. The van der Waals surface area contributed by atoms with Crippen LogP contribution in [0.1, 0.15) is 56.4 Å². The summed E-state index contributed by atoms with van der Waals surface area (Å²) in [4.78, 5) is 15.1. The molecule has 1 unspecified atom stereocenters. The second-order valence-electron chi connectivity index (χ2n) is 8.07. The van der Waals surface area contributed by atoms with E-state index in [4.69, 9.17) is 32.7 Å². The lowest BCUT2D eigenvalue weighted by atomic mass is 9.78. The molecule has 0 bridgehead atoms. The van der Waals surface area contributed by atoms with Crippen LogP contribution in [0.2, 0.25) is 5.02 Å². The minimum absolute atomic E-state index is 0.00486. The Hall–Kier alpha value is -2.40. The number of hydrogen-bond donors (Lipinski definition) is 4. The van der Waals surface area contributed by atoms with Crippen molar-refractivity contribution in [1.82, 2.24) is 0 Å². The van der Waals surface area contributed by atoms with Gasteiger partial charge in [-0.1, -0.05) is 11.6 Å². The maximum atomic E-state index is 13.4. The largest absolute Gasteiger partial charge is 0.416 e. The summed E-state index contributed by atoms with van der Waals surface area (Å²) in [6.45, 7) is 5.79. The summed E-state index contributed by atoms with van der Waals surface area (Å²) >= 11 is 11.1. The molecule has 2 heterocycles. The van der Waals surface area contributed by atoms with Crippen LogP contribution in [-0.4, -0.2) is 40.9 Å². The Labute approximate surface area is 249 Å². The second-order valence-corrected chi connectivity index (χ2v) is 11.0. The van der Waals surface area contributed by atoms with Crippen LogP contribution in [-0.2, 0) is 11.0 Å². The third kappa shape index (κ3) is 8.80. The molecule has 1 aromatic carbocycles. The Kier molecular flexibility index (Phi) is 14.9. The number of anilines is 1. The quantitative estimate of drug-likeness (QED) is 0.289. The minimum Gasteiger partial charge on any atom is -0.397 e. The first-order valence-corrected chi connectivity index (χ1v) is 14.3. The molecular formula is C27H32BrClF3N3O4S. The van der Waals surface area contributed by atoms with E-state index in [0.717, 1.165) is 26.9 Å². The van der Waals surface area contributed by atoms with Gasteiger partial charge in [-0.25, -0.2) is 0 Å². The van der Waals surface area contributed by atoms with E-state index in [1.54, 1.807) is 20.8 Å². The molecule has 0 amide bonds. The molecule has 4 rings (SSSR count). The van der Waals surface area contributed by atoms with Gasteiger partial charge in [-0.3, -0.25) is 9.69 Å². The number of thiophene rings is 1. The monoisotopic (exact) mass is 665 g/mol.